The fourth-order valence-electron chi connectivity index (χ4n) is 4.79. The van der Waals surface area contributed by atoms with Gasteiger partial charge < -0.3 is 19.7 Å². The summed E-state index contributed by atoms with van der Waals surface area (Å²) in [4.78, 5) is 36.7. The van der Waals surface area contributed by atoms with Crippen molar-refractivity contribution in [3.05, 3.63) is 52.1 Å². The summed E-state index contributed by atoms with van der Waals surface area (Å²) in [6.45, 7) is 8.32. The number of ether oxygens (including phenoxy) is 2. The summed E-state index contributed by atoms with van der Waals surface area (Å²) in [5, 5.41) is 18.3. The molecule has 4 rings (SSSR count). The van der Waals surface area contributed by atoms with Gasteiger partial charge in [-0.1, -0.05) is 23.9 Å². The molecular formula is C28H33NO7S. The number of amides is 2. The normalized spacial score (nSPS) is 21.1. The Bertz CT molecular complexity index is 1230. The van der Waals surface area contributed by atoms with Crippen molar-refractivity contribution < 1.29 is 34.1 Å². The first-order valence-corrected chi connectivity index (χ1v) is 13.3. The molecule has 8 nitrogen and oxygen atoms in total. The van der Waals surface area contributed by atoms with Crippen molar-refractivity contribution in [2.45, 2.75) is 70.7 Å². The first-order valence-electron chi connectivity index (χ1n) is 12.4. The topological polar surface area (TPSA) is 113 Å². The highest BCUT2D eigenvalue weighted by Crippen LogP contribution is 2.43. The van der Waals surface area contributed by atoms with E-state index in [0.717, 1.165) is 63.1 Å². The second kappa shape index (κ2) is 10.7. The van der Waals surface area contributed by atoms with E-state index in [1.54, 1.807) is 0 Å². The second-order valence-corrected chi connectivity index (χ2v) is 11.2. The van der Waals surface area contributed by atoms with Gasteiger partial charge in [0, 0.05) is 18.5 Å². The molecule has 2 atom stereocenters. The average molecular weight is 528 g/mol. The molecule has 0 radical (unpaired) electrons. The van der Waals surface area contributed by atoms with Gasteiger partial charge in [-0.2, -0.15) is 0 Å². The molecule has 0 aliphatic carbocycles. The molecule has 0 spiro atoms. The van der Waals surface area contributed by atoms with Gasteiger partial charge in [-0.25, -0.2) is 0 Å². The number of carbonyl (C=O) groups excluding carboxylic acids is 2. The Hall–Kier alpha value is -3.20. The summed E-state index contributed by atoms with van der Waals surface area (Å²) in [6.07, 6.45) is 2.15. The van der Waals surface area contributed by atoms with Gasteiger partial charge in [0.2, 0.25) is 5.91 Å². The van der Waals surface area contributed by atoms with Gasteiger partial charge in [-0.3, -0.25) is 19.3 Å². The third-order valence-corrected chi connectivity index (χ3v) is 8.33. The number of benzene rings is 2. The monoisotopic (exact) mass is 527 g/mol. The van der Waals surface area contributed by atoms with Gasteiger partial charge in [0.05, 0.1) is 5.25 Å². The number of carboxylic acid groups (broad SMARTS) is 1. The van der Waals surface area contributed by atoms with Crippen molar-refractivity contribution in [2.75, 3.05) is 13.2 Å². The highest BCUT2D eigenvalue weighted by molar-refractivity contribution is 8.15. The average Bonchev–Trinajstić information content (AvgIpc) is 3.13. The minimum absolute atomic E-state index is 0.0765. The van der Waals surface area contributed by atoms with Crippen LogP contribution in [0.2, 0.25) is 0 Å². The molecule has 9 heteroatoms. The van der Waals surface area contributed by atoms with Gasteiger partial charge in [-0.15, -0.1) is 0 Å². The Balaban J connectivity index is 1.34. The lowest BCUT2D eigenvalue weighted by atomic mass is 9.87. The summed E-state index contributed by atoms with van der Waals surface area (Å²) in [6, 6.07) is 7.48. The van der Waals surface area contributed by atoms with Crippen LogP contribution < -0.4 is 9.47 Å². The van der Waals surface area contributed by atoms with Crippen molar-refractivity contribution in [1.29, 1.82) is 0 Å². The molecular weight excluding hydrogens is 494 g/mol. The minimum atomic E-state index is -0.944. The number of fused-ring (bicyclic) bond motifs is 1. The molecule has 2 unspecified atom stereocenters. The quantitative estimate of drug-likeness (QED) is 0.471. The summed E-state index contributed by atoms with van der Waals surface area (Å²) < 4.78 is 12.5. The summed E-state index contributed by atoms with van der Waals surface area (Å²) >= 11 is 0.993. The van der Waals surface area contributed by atoms with Crippen LogP contribution in [0.25, 0.3) is 0 Å². The first kappa shape index (κ1) is 26.9. The minimum Gasteiger partial charge on any atom is -0.507 e. The molecule has 2 aliphatic heterocycles. The molecule has 0 bridgehead atoms. The van der Waals surface area contributed by atoms with Crippen LogP contribution in [-0.2, 0) is 22.4 Å². The van der Waals surface area contributed by atoms with Crippen LogP contribution >= 0.6 is 11.8 Å². The van der Waals surface area contributed by atoms with Crippen LogP contribution in [0.3, 0.4) is 0 Å². The van der Waals surface area contributed by atoms with Crippen molar-refractivity contribution in [2.24, 2.45) is 0 Å². The molecule has 1 saturated heterocycles. The number of carbonyl (C=O) groups is 3. The number of carboxylic acids is 1. The summed E-state index contributed by atoms with van der Waals surface area (Å²) in [5.41, 5.74) is 4.12. The molecule has 2 aromatic carbocycles. The van der Waals surface area contributed by atoms with E-state index in [1.165, 1.54) is 0 Å². The smallest absolute Gasteiger partial charge is 0.303 e. The van der Waals surface area contributed by atoms with Crippen molar-refractivity contribution in [3.8, 4) is 17.2 Å². The number of aliphatic carboxylic acids is 1. The van der Waals surface area contributed by atoms with E-state index < -0.39 is 16.8 Å². The van der Waals surface area contributed by atoms with E-state index in [-0.39, 0.29) is 30.5 Å². The number of aromatic hydroxyl groups is 1. The predicted molar refractivity (Wildman–Crippen MR) is 141 cm³/mol. The van der Waals surface area contributed by atoms with E-state index in [9.17, 15) is 19.5 Å². The third-order valence-electron chi connectivity index (χ3n) is 7.26. The van der Waals surface area contributed by atoms with Crippen LogP contribution in [0.4, 0.5) is 4.79 Å². The van der Waals surface area contributed by atoms with E-state index in [1.807, 2.05) is 52.0 Å². The standard InChI is InChI=1S/C28H33NO7S/c1-16-17(2)25-21(18(3)24(16)32)11-12-28(4,36-25)15-35-20-9-7-19(8-10-20)14-22-26(33)29(27(34)37-22)13-5-6-23(30)31/h7-10,22,32H,5-6,11-15H2,1-4H3,(H,30,31). The van der Waals surface area contributed by atoms with E-state index >= 15 is 0 Å². The summed E-state index contributed by atoms with van der Waals surface area (Å²) in [7, 11) is 0. The lowest BCUT2D eigenvalue weighted by Gasteiger charge is -2.37. The van der Waals surface area contributed by atoms with Gasteiger partial charge >= 0.3 is 5.97 Å². The molecule has 37 heavy (non-hydrogen) atoms. The van der Waals surface area contributed by atoms with Crippen molar-refractivity contribution >= 4 is 28.9 Å². The van der Waals surface area contributed by atoms with Crippen LogP contribution in [0, 0.1) is 20.8 Å². The molecule has 2 aromatic rings. The molecule has 0 saturated carbocycles. The first-order chi connectivity index (χ1) is 17.5. The van der Waals surface area contributed by atoms with Gasteiger partial charge in [0.1, 0.15) is 29.5 Å². The highest BCUT2D eigenvalue weighted by Gasteiger charge is 2.39. The van der Waals surface area contributed by atoms with Crippen molar-refractivity contribution in [3.63, 3.8) is 0 Å². The highest BCUT2D eigenvalue weighted by atomic mass is 32.2. The molecule has 2 N–H and O–H groups in total. The summed E-state index contributed by atoms with van der Waals surface area (Å²) in [5.74, 6) is 0.655. The number of hydrogen-bond donors (Lipinski definition) is 2. The van der Waals surface area contributed by atoms with Crippen molar-refractivity contribution in [1.82, 2.24) is 4.90 Å². The predicted octanol–water partition coefficient (Wildman–Crippen LogP) is 4.95. The third kappa shape index (κ3) is 5.71. The van der Waals surface area contributed by atoms with E-state index in [2.05, 4.69) is 0 Å². The van der Waals surface area contributed by atoms with Crippen LogP contribution in [0.15, 0.2) is 24.3 Å². The van der Waals surface area contributed by atoms with Crippen LogP contribution in [-0.4, -0.2) is 56.2 Å². The zero-order valence-corrected chi connectivity index (χ0v) is 22.4. The number of phenols is 1. The molecule has 2 aliphatic rings. The van der Waals surface area contributed by atoms with E-state index in [0.29, 0.717) is 24.5 Å². The second-order valence-electron chi connectivity index (χ2n) is 10.1. The van der Waals surface area contributed by atoms with Gasteiger partial charge in [-0.05, 0) is 87.8 Å². The maximum absolute atomic E-state index is 12.6. The number of thioether (sulfide) groups is 1. The zero-order valence-electron chi connectivity index (χ0n) is 21.6. The Kier molecular flexibility index (Phi) is 7.73. The van der Waals surface area contributed by atoms with Gasteiger partial charge in [0.15, 0.2) is 0 Å². The number of phenolic OH excluding ortho intramolecular Hbond substituents is 1. The lowest BCUT2D eigenvalue weighted by Crippen LogP contribution is -2.42. The molecule has 2 heterocycles. The Labute approximate surface area is 220 Å². The number of rotatable bonds is 9. The fourth-order valence-corrected chi connectivity index (χ4v) is 5.84. The van der Waals surface area contributed by atoms with E-state index in [4.69, 9.17) is 14.6 Å². The maximum atomic E-state index is 12.6. The number of nitrogens with zero attached hydrogens (tertiary/aromatic N) is 1. The maximum Gasteiger partial charge on any atom is 0.303 e. The SMILES string of the molecule is Cc1c(C)c2c(c(C)c1O)CCC(C)(COc1ccc(CC3SC(=O)N(CCCC(=O)O)C3=O)cc1)O2. The molecule has 0 aromatic heterocycles. The molecule has 198 valence electrons. The van der Waals surface area contributed by atoms with Gasteiger partial charge in [0.25, 0.3) is 5.24 Å². The van der Waals surface area contributed by atoms with Crippen LogP contribution in [0.1, 0.15) is 54.0 Å². The fraction of sp³-hybridized carbons (Fsp3) is 0.464. The number of imide groups is 1. The largest absolute Gasteiger partial charge is 0.507 e. The zero-order chi connectivity index (χ0) is 26.9. The Morgan fingerprint density at radius 3 is 2.54 bits per heavy atom. The number of hydrogen-bond acceptors (Lipinski definition) is 7. The Morgan fingerprint density at radius 2 is 1.86 bits per heavy atom. The molecule has 2 amide bonds. The van der Waals surface area contributed by atoms with Crippen LogP contribution in [0.5, 0.6) is 17.2 Å². The lowest BCUT2D eigenvalue weighted by molar-refractivity contribution is -0.137. The molecule has 1 fully saturated rings. The Morgan fingerprint density at radius 1 is 1.16 bits per heavy atom.